The molecule has 1 heterocycles. The molecule has 1 aliphatic carbocycles. The van der Waals surface area contributed by atoms with Crippen molar-refractivity contribution >= 4 is 33.6 Å². The number of hydrogen-bond acceptors (Lipinski definition) is 0. The number of benzene rings is 4. The molecule has 4 aromatic rings. The van der Waals surface area contributed by atoms with Crippen molar-refractivity contribution in [2.75, 3.05) is 0 Å². The first-order valence-corrected chi connectivity index (χ1v) is 16.8. The molecule has 0 radical (unpaired) electrons. The fourth-order valence-corrected chi connectivity index (χ4v) is 7.94. The summed E-state index contributed by atoms with van der Waals surface area (Å²) in [4.78, 5) is 0. The van der Waals surface area contributed by atoms with E-state index >= 15 is 0 Å². The van der Waals surface area contributed by atoms with Crippen molar-refractivity contribution in [3.63, 3.8) is 0 Å². The maximum atomic E-state index is 4.08. The van der Waals surface area contributed by atoms with E-state index in [1.54, 1.807) is 0 Å². The zero-order valence-corrected chi connectivity index (χ0v) is 28.9. The first-order chi connectivity index (χ1) is 21.4. The molecule has 2 heteroatoms. The average Bonchev–Trinajstić information content (AvgIpc) is 3.41. The second-order valence-corrected chi connectivity index (χ2v) is 14.5. The lowest BCUT2D eigenvalue weighted by atomic mass is 9.88. The number of fused-ring (bicyclic) bond motifs is 3. The largest absolute Gasteiger partial charge is 0.357 e. The van der Waals surface area contributed by atoms with Crippen molar-refractivity contribution in [3.05, 3.63) is 130 Å². The lowest BCUT2D eigenvalue weighted by molar-refractivity contribution is -0.740. The van der Waals surface area contributed by atoms with Gasteiger partial charge in [-0.2, -0.15) is 0 Å². The van der Waals surface area contributed by atoms with Gasteiger partial charge in [0, 0.05) is 27.6 Å². The summed E-state index contributed by atoms with van der Waals surface area (Å²) >= 11 is 0. The molecule has 0 N–H and O–H groups in total. The standard InChI is InChI=1S/C43H50N2/c1-12-16-30-22-29(9)39(35(23-30)26(3)4)44-41-33-20-14-18-32-19-15-21-34(38(32)33)42(41)45(43(44,10)11)40-36(27(5)6)24-31(17-13-2)25-37(40)28(7)8/h12-15,18-28H,1-2,16-17H2,3-11H3/q+2. The van der Waals surface area contributed by atoms with Gasteiger partial charge in [-0.1, -0.05) is 78.0 Å². The zero-order chi connectivity index (χ0) is 32.4. The number of nitrogens with zero attached hydrogens (tertiary/aromatic N) is 2. The third kappa shape index (κ3) is 4.76. The highest BCUT2D eigenvalue weighted by Crippen LogP contribution is 2.48. The van der Waals surface area contributed by atoms with Crippen LogP contribution in [0.3, 0.4) is 0 Å². The molecule has 0 saturated carbocycles. The van der Waals surface area contributed by atoms with E-state index < -0.39 is 0 Å². The van der Waals surface area contributed by atoms with Crippen molar-refractivity contribution < 1.29 is 9.15 Å². The molecule has 0 unspecified atom stereocenters. The number of hydrogen-bond donors (Lipinski definition) is 0. The van der Waals surface area contributed by atoms with E-state index in [-0.39, 0.29) is 5.66 Å². The van der Waals surface area contributed by atoms with Gasteiger partial charge in [-0.05, 0) is 90.4 Å². The van der Waals surface area contributed by atoms with Crippen molar-refractivity contribution in [2.24, 2.45) is 0 Å². The van der Waals surface area contributed by atoms with Gasteiger partial charge in [0.1, 0.15) is 0 Å². The molecule has 0 amide bonds. The maximum absolute atomic E-state index is 4.08. The second-order valence-electron chi connectivity index (χ2n) is 14.5. The van der Waals surface area contributed by atoms with Crippen LogP contribution in [0.15, 0.2) is 86.0 Å². The van der Waals surface area contributed by atoms with Crippen LogP contribution in [0.1, 0.15) is 118 Å². The monoisotopic (exact) mass is 594 g/mol. The van der Waals surface area contributed by atoms with Gasteiger partial charge < -0.3 is 0 Å². The summed E-state index contributed by atoms with van der Waals surface area (Å²) in [5.41, 5.74) is 15.8. The highest BCUT2D eigenvalue weighted by atomic mass is 15.4. The van der Waals surface area contributed by atoms with Crippen LogP contribution < -0.4 is 0 Å². The van der Waals surface area contributed by atoms with E-state index in [0.29, 0.717) is 17.8 Å². The van der Waals surface area contributed by atoms with Crippen molar-refractivity contribution in [1.29, 1.82) is 0 Å². The SMILES string of the molecule is C=CCc1cc(C)c([N+]2=C3C(=[N+](c4c(C(C)C)cc(CC=C)cc4C(C)C)C2(C)C)c2cccc4cccc3c24)c(C(C)C)c1. The van der Waals surface area contributed by atoms with Gasteiger partial charge in [-0.15, -0.1) is 22.3 Å². The van der Waals surface area contributed by atoms with E-state index in [4.69, 9.17) is 0 Å². The Bertz CT molecular complexity index is 1910. The van der Waals surface area contributed by atoms with Crippen LogP contribution in [0.2, 0.25) is 0 Å². The number of rotatable bonds is 9. The fraction of sp³-hybridized carbons (Fsp3) is 0.349. The van der Waals surface area contributed by atoms with Crippen LogP contribution >= 0.6 is 0 Å². The molecule has 0 fully saturated rings. The quantitative estimate of drug-likeness (QED) is 0.134. The summed E-state index contributed by atoms with van der Waals surface area (Å²) in [5.74, 6) is 1.09. The first kappa shape index (κ1) is 31.0. The minimum atomic E-state index is -0.387. The zero-order valence-electron chi connectivity index (χ0n) is 28.9. The minimum Gasteiger partial charge on any atom is -0.121 e. The Morgan fingerprint density at radius 2 is 1.07 bits per heavy atom. The van der Waals surface area contributed by atoms with Crippen molar-refractivity contribution in [2.45, 2.75) is 98.6 Å². The molecule has 230 valence electrons. The van der Waals surface area contributed by atoms with Crippen LogP contribution in [0.25, 0.3) is 10.8 Å². The van der Waals surface area contributed by atoms with Crippen LogP contribution in [-0.2, 0) is 12.8 Å². The van der Waals surface area contributed by atoms with E-state index in [9.17, 15) is 0 Å². The molecule has 0 atom stereocenters. The molecule has 1 aliphatic heterocycles. The molecule has 45 heavy (non-hydrogen) atoms. The molecular weight excluding hydrogens is 544 g/mol. The Kier molecular flexibility index (Phi) is 7.84. The normalized spacial score (nSPS) is 15.3. The number of aryl methyl sites for hydroxylation is 1. The van der Waals surface area contributed by atoms with Crippen molar-refractivity contribution in [3.8, 4) is 0 Å². The first-order valence-electron chi connectivity index (χ1n) is 16.8. The summed E-state index contributed by atoms with van der Waals surface area (Å²) in [6.45, 7) is 29.4. The summed E-state index contributed by atoms with van der Waals surface area (Å²) in [5, 5.41) is 2.66. The lowest BCUT2D eigenvalue weighted by Crippen LogP contribution is -2.41. The predicted octanol–water partition coefficient (Wildman–Crippen LogP) is 11.0. The van der Waals surface area contributed by atoms with Crippen molar-refractivity contribution in [1.82, 2.24) is 0 Å². The predicted molar refractivity (Wildman–Crippen MR) is 194 cm³/mol. The molecule has 2 nitrogen and oxygen atoms in total. The Morgan fingerprint density at radius 1 is 0.644 bits per heavy atom. The Morgan fingerprint density at radius 3 is 1.51 bits per heavy atom. The van der Waals surface area contributed by atoms with Gasteiger partial charge in [0.2, 0.25) is 11.4 Å². The second kappa shape index (κ2) is 11.4. The Hall–Kier alpha value is -4.04. The molecular formula is C43H50N2+2. The van der Waals surface area contributed by atoms with Crippen LogP contribution in [0, 0.1) is 6.92 Å². The summed E-state index contributed by atoms with van der Waals surface area (Å²) in [7, 11) is 0. The van der Waals surface area contributed by atoms with E-state index in [2.05, 4.69) is 145 Å². The summed E-state index contributed by atoms with van der Waals surface area (Å²) in [6.07, 6.45) is 5.81. The minimum absolute atomic E-state index is 0.363. The van der Waals surface area contributed by atoms with E-state index in [0.717, 1.165) is 12.8 Å². The number of allylic oxidation sites excluding steroid dienone is 2. The Balaban J connectivity index is 1.80. The molecule has 0 spiro atoms. The van der Waals surface area contributed by atoms with E-state index in [1.165, 1.54) is 78.1 Å². The third-order valence-electron chi connectivity index (χ3n) is 9.87. The molecule has 2 aliphatic rings. The smallest absolute Gasteiger partial charge is 0.121 e. The highest BCUT2D eigenvalue weighted by Gasteiger charge is 2.61. The van der Waals surface area contributed by atoms with Crippen LogP contribution in [0.4, 0.5) is 11.4 Å². The molecule has 4 aromatic carbocycles. The summed E-state index contributed by atoms with van der Waals surface area (Å²) in [6, 6.07) is 23.4. The van der Waals surface area contributed by atoms with Gasteiger partial charge in [-0.3, -0.25) is 0 Å². The molecule has 6 rings (SSSR count). The molecule has 0 bridgehead atoms. The van der Waals surface area contributed by atoms with Crippen LogP contribution in [-0.4, -0.2) is 26.2 Å². The topological polar surface area (TPSA) is 6.02 Å². The van der Waals surface area contributed by atoms with Crippen LogP contribution in [0.5, 0.6) is 0 Å². The van der Waals surface area contributed by atoms with Gasteiger partial charge >= 0.3 is 5.66 Å². The van der Waals surface area contributed by atoms with Gasteiger partial charge in [0.25, 0.3) is 11.4 Å². The van der Waals surface area contributed by atoms with Gasteiger partial charge in [0.15, 0.2) is 0 Å². The van der Waals surface area contributed by atoms with E-state index in [1.807, 2.05) is 12.2 Å². The maximum Gasteiger partial charge on any atom is 0.357 e. The van der Waals surface area contributed by atoms with Gasteiger partial charge in [-0.25, -0.2) is 0 Å². The summed E-state index contributed by atoms with van der Waals surface area (Å²) < 4.78 is 5.42. The average molecular weight is 595 g/mol. The lowest BCUT2D eigenvalue weighted by Gasteiger charge is -2.25. The highest BCUT2D eigenvalue weighted by molar-refractivity contribution is 6.58. The Labute approximate surface area is 271 Å². The molecule has 0 saturated heterocycles. The third-order valence-corrected chi connectivity index (χ3v) is 9.87. The fourth-order valence-electron chi connectivity index (χ4n) is 7.94. The molecule has 0 aromatic heterocycles. The van der Waals surface area contributed by atoms with Gasteiger partial charge in [0.05, 0.1) is 25.0 Å².